The van der Waals surface area contributed by atoms with Crippen molar-refractivity contribution < 1.29 is 24.2 Å². The van der Waals surface area contributed by atoms with Crippen molar-refractivity contribution in [2.45, 2.75) is 26.4 Å². The number of nitrogens with zero attached hydrogens (tertiary/aromatic N) is 2. The number of fused-ring (bicyclic) bond motifs is 2. The molecule has 1 aliphatic heterocycles. The maximum atomic E-state index is 13.4. The second-order valence-electron chi connectivity index (χ2n) is 9.23. The summed E-state index contributed by atoms with van der Waals surface area (Å²) in [5.41, 5.74) is 4.83. The van der Waals surface area contributed by atoms with E-state index in [1.807, 2.05) is 45.2 Å². The van der Waals surface area contributed by atoms with Crippen LogP contribution in [0.25, 0.3) is 10.9 Å². The number of carboxylic acid groups (broad SMARTS) is 1. The molecule has 1 atom stereocenters. The van der Waals surface area contributed by atoms with Gasteiger partial charge in [0.15, 0.2) is 6.10 Å². The molecule has 1 N–H and O–H groups in total. The number of aryl methyl sites for hydroxylation is 2. The zero-order valence-electron chi connectivity index (χ0n) is 20.5. The molecular formula is C29H28N2O5. The second kappa shape index (κ2) is 9.41. The van der Waals surface area contributed by atoms with Gasteiger partial charge in [0.1, 0.15) is 18.1 Å². The largest absolute Gasteiger partial charge is 0.490 e. The maximum absolute atomic E-state index is 13.4. The molecule has 2 heterocycles. The molecule has 0 radical (unpaired) electrons. The molecule has 1 aromatic heterocycles. The molecule has 0 spiro atoms. The zero-order chi connectivity index (χ0) is 25.4. The summed E-state index contributed by atoms with van der Waals surface area (Å²) in [7, 11) is 2.05. The van der Waals surface area contributed by atoms with E-state index in [4.69, 9.17) is 9.47 Å². The predicted molar refractivity (Wildman–Crippen MR) is 139 cm³/mol. The highest BCUT2D eigenvalue weighted by atomic mass is 16.5. The first-order chi connectivity index (χ1) is 17.3. The van der Waals surface area contributed by atoms with Gasteiger partial charge in [-0.25, -0.2) is 0 Å². The lowest BCUT2D eigenvalue weighted by atomic mass is 10.1. The number of aliphatic carboxylic acids is 1. The van der Waals surface area contributed by atoms with Gasteiger partial charge in [-0.3, -0.25) is 14.2 Å². The highest BCUT2D eigenvalue weighted by Gasteiger charge is 2.25. The fourth-order valence-corrected chi connectivity index (χ4v) is 4.81. The number of para-hydroxylation sites is 1. The Morgan fingerprint density at radius 3 is 2.56 bits per heavy atom. The summed E-state index contributed by atoms with van der Waals surface area (Å²) in [5.74, 6) is 0.470. The van der Waals surface area contributed by atoms with E-state index in [0.717, 1.165) is 34.6 Å². The Kier molecular flexibility index (Phi) is 6.14. The highest BCUT2D eigenvalue weighted by molar-refractivity contribution is 6.04. The summed E-state index contributed by atoms with van der Waals surface area (Å²) in [6, 6.07) is 20.5. The monoisotopic (exact) mass is 484 g/mol. The third-order valence-corrected chi connectivity index (χ3v) is 6.57. The molecule has 7 heteroatoms. The molecule has 1 unspecified atom stereocenters. The minimum atomic E-state index is -0.903. The summed E-state index contributed by atoms with van der Waals surface area (Å²) in [5, 5.41) is 9.99. The lowest BCUT2D eigenvalue weighted by molar-refractivity contribution is -0.136. The number of carboxylic acids is 1. The topological polar surface area (TPSA) is 81.0 Å². The van der Waals surface area contributed by atoms with Gasteiger partial charge in [-0.2, -0.15) is 0 Å². The first-order valence-electron chi connectivity index (χ1n) is 11.9. The number of ether oxygens (including phenoxy) is 2. The number of aromatic nitrogens is 1. The molecule has 1 aliphatic rings. The number of anilines is 1. The Bertz CT molecular complexity index is 1450. The maximum Gasteiger partial charge on any atom is 0.307 e. The average Bonchev–Trinajstić information content (AvgIpc) is 3.20. The number of likely N-dealkylation sites (N-methyl/N-ethyl adjacent to an activating group) is 1. The van der Waals surface area contributed by atoms with Crippen molar-refractivity contribution in [2.24, 2.45) is 0 Å². The molecule has 36 heavy (non-hydrogen) atoms. The minimum Gasteiger partial charge on any atom is -0.490 e. The molecule has 0 saturated carbocycles. The fourth-order valence-electron chi connectivity index (χ4n) is 4.81. The smallest absolute Gasteiger partial charge is 0.307 e. The zero-order valence-corrected chi connectivity index (χ0v) is 20.5. The number of hydrogen-bond acceptors (Lipinski definition) is 5. The van der Waals surface area contributed by atoms with E-state index >= 15 is 0 Å². The molecule has 0 bridgehead atoms. The number of benzene rings is 3. The average molecular weight is 485 g/mol. The van der Waals surface area contributed by atoms with E-state index in [-0.39, 0.29) is 18.4 Å². The Morgan fingerprint density at radius 2 is 1.81 bits per heavy atom. The van der Waals surface area contributed by atoms with Gasteiger partial charge in [0.25, 0.3) is 5.91 Å². The molecule has 0 aliphatic carbocycles. The van der Waals surface area contributed by atoms with Gasteiger partial charge >= 0.3 is 5.97 Å². The molecule has 5 rings (SSSR count). The standard InChI is InChI=1S/C29H28N2O5/c1-18-6-4-9-26-28(18)36-23(16-30(26)3)17-35-22-12-10-20(11-13-22)29(34)31-19(2)14-24-21(15-27(32)33)7-5-8-25(24)31/h4-14,23H,15-17H2,1-3H3,(H,32,33). The molecule has 4 aromatic rings. The summed E-state index contributed by atoms with van der Waals surface area (Å²) in [6.45, 7) is 4.99. The number of carbonyl (C=O) groups is 2. The van der Waals surface area contributed by atoms with Crippen LogP contribution < -0.4 is 14.4 Å². The van der Waals surface area contributed by atoms with Crippen LogP contribution in [0.2, 0.25) is 0 Å². The van der Waals surface area contributed by atoms with Gasteiger partial charge in [-0.15, -0.1) is 0 Å². The van der Waals surface area contributed by atoms with E-state index in [1.54, 1.807) is 41.0 Å². The van der Waals surface area contributed by atoms with Crippen LogP contribution in [0.15, 0.2) is 66.7 Å². The summed E-state index contributed by atoms with van der Waals surface area (Å²) in [6.07, 6.45) is -0.203. The van der Waals surface area contributed by atoms with Gasteiger partial charge in [0, 0.05) is 23.7 Å². The van der Waals surface area contributed by atoms with Crippen LogP contribution >= 0.6 is 0 Å². The van der Waals surface area contributed by atoms with E-state index in [0.29, 0.717) is 29.0 Å². The number of carbonyl (C=O) groups excluding carboxylic acids is 1. The minimum absolute atomic E-state index is 0.0906. The van der Waals surface area contributed by atoms with Crippen molar-refractivity contribution in [3.8, 4) is 11.5 Å². The van der Waals surface area contributed by atoms with Gasteiger partial charge in [0.05, 0.1) is 24.2 Å². The van der Waals surface area contributed by atoms with Crippen LogP contribution in [0.1, 0.15) is 27.2 Å². The van der Waals surface area contributed by atoms with Gasteiger partial charge < -0.3 is 19.5 Å². The lowest BCUT2D eigenvalue weighted by Gasteiger charge is -2.34. The van der Waals surface area contributed by atoms with E-state index in [2.05, 4.69) is 11.0 Å². The highest BCUT2D eigenvalue weighted by Crippen LogP contribution is 2.35. The quantitative estimate of drug-likeness (QED) is 0.421. The van der Waals surface area contributed by atoms with Gasteiger partial charge in [-0.1, -0.05) is 24.3 Å². The van der Waals surface area contributed by atoms with Crippen LogP contribution in [-0.2, 0) is 11.2 Å². The van der Waals surface area contributed by atoms with Crippen LogP contribution in [0, 0.1) is 13.8 Å². The molecule has 3 aromatic carbocycles. The summed E-state index contributed by atoms with van der Waals surface area (Å²) in [4.78, 5) is 26.8. The van der Waals surface area contributed by atoms with Crippen molar-refractivity contribution in [2.75, 3.05) is 25.1 Å². The molecule has 0 amide bonds. The number of rotatable bonds is 6. The molecule has 184 valence electrons. The summed E-state index contributed by atoms with van der Waals surface area (Å²) >= 11 is 0. The third-order valence-electron chi connectivity index (χ3n) is 6.57. The molecule has 0 fully saturated rings. The van der Waals surface area contributed by atoms with Crippen molar-refractivity contribution in [3.05, 3.63) is 89.1 Å². The van der Waals surface area contributed by atoms with Crippen molar-refractivity contribution >= 4 is 28.5 Å². The van der Waals surface area contributed by atoms with Crippen LogP contribution in [0.5, 0.6) is 11.5 Å². The van der Waals surface area contributed by atoms with Crippen LogP contribution in [0.4, 0.5) is 5.69 Å². The third kappa shape index (κ3) is 4.40. The fraction of sp³-hybridized carbons (Fsp3) is 0.241. The second-order valence-corrected chi connectivity index (χ2v) is 9.23. The normalized spacial score (nSPS) is 14.9. The summed E-state index contributed by atoms with van der Waals surface area (Å²) < 4.78 is 13.8. The first kappa shape index (κ1) is 23.5. The number of hydrogen-bond donors (Lipinski definition) is 1. The van der Waals surface area contributed by atoms with Crippen molar-refractivity contribution in [1.29, 1.82) is 0 Å². The molecular weight excluding hydrogens is 456 g/mol. The van der Waals surface area contributed by atoms with Crippen LogP contribution in [0.3, 0.4) is 0 Å². The Morgan fingerprint density at radius 1 is 1.06 bits per heavy atom. The van der Waals surface area contributed by atoms with Gasteiger partial charge in [0.2, 0.25) is 0 Å². The van der Waals surface area contributed by atoms with Crippen LogP contribution in [-0.4, -0.2) is 47.9 Å². The molecule has 0 saturated heterocycles. The van der Waals surface area contributed by atoms with Gasteiger partial charge in [-0.05, 0) is 67.4 Å². The van der Waals surface area contributed by atoms with Crippen molar-refractivity contribution in [3.63, 3.8) is 0 Å². The predicted octanol–water partition coefficient (Wildman–Crippen LogP) is 4.85. The van der Waals surface area contributed by atoms with E-state index < -0.39 is 5.97 Å². The van der Waals surface area contributed by atoms with E-state index in [9.17, 15) is 14.7 Å². The van der Waals surface area contributed by atoms with E-state index in [1.165, 1.54) is 0 Å². The van der Waals surface area contributed by atoms with Crippen molar-refractivity contribution in [1.82, 2.24) is 4.57 Å². The lowest BCUT2D eigenvalue weighted by Crippen LogP contribution is -2.41. The Hall–Kier alpha value is -4.26. The Balaban J connectivity index is 1.30. The first-order valence-corrected chi connectivity index (χ1v) is 11.9. The SMILES string of the molecule is Cc1cccc2c1OC(COc1ccc(C(=O)n3c(C)cc4c(CC(=O)O)cccc43)cc1)CN2C. The Labute approximate surface area is 209 Å². The molecule has 7 nitrogen and oxygen atoms in total.